The summed E-state index contributed by atoms with van der Waals surface area (Å²) >= 11 is 0. The molecule has 0 fully saturated rings. The van der Waals surface area contributed by atoms with E-state index in [0.717, 1.165) is 18.4 Å². The summed E-state index contributed by atoms with van der Waals surface area (Å²) in [6.45, 7) is 8.06. The van der Waals surface area contributed by atoms with Crippen molar-refractivity contribution in [1.29, 1.82) is 0 Å². The van der Waals surface area contributed by atoms with Crippen molar-refractivity contribution in [1.82, 2.24) is 0 Å². The second kappa shape index (κ2) is 10.7. The molecule has 3 heteroatoms. The summed E-state index contributed by atoms with van der Waals surface area (Å²) in [6, 6.07) is 0. The monoisotopic (exact) mass is 282 g/mol. The Bertz CT molecular complexity index is 342. The Balaban J connectivity index is 0.000000621. The molecule has 1 aliphatic rings. The van der Waals surface area contributed by atoms with Gasteiger partial charge in [0.25, 0.3) is 0 Å². The highest BCUT2D eigenvalue weighted by Crippen LogP contribution is 2.29. The van der Waals surface area contributed by atoms with Gasteiger partial charge in [0.1, 0.15) is 0 Å². The van der Waals surface area contributed by atoms with Crippen molar-refractivity contribution in [3.05, 3.63) is 23.3 Å². The molecule has 0 bridgehead atoms. The zero-order valence-corrected chi connectivity index (χ0v) is 13.4. The Hall–Kier alpha value is -1.09. The molecule has 20 heavy (non-hydrogen) atoms. The van der Waals surface area contributed by atoms with Gasteiger partial charge in [0, 0.05) is 6.42 Å². The van der Waals surface area contributed by atoms with Gasteiger partial charge in [-0.25, -0.2) is 0 Å². The summed E-state index contributed by atoms with van der Waals surface area (Å²) < 4.78 is 0. The van der Waals surface area contributed by atoms with Crippen molar-refractivity contribution in [3.63, 3.8) is 0 Å². The van der Waals surface area contributed by atoms with Gasteiger partial charge in [0.05, 0.1) is 6.10 Å². The standard InChI is InChI=1S/C14H24O.C3H6O2/c1-4-5-6-7-11(2)13-9-8-12(3)14(15)10-13;1-2-3(4)5/h7-8,13-15H,4-6,9-10H2,1-3H3;2H2,1H3,(H,4,5). The van der Waals surface area contributed by atoms with Gasteiger partial charge >= 0.3 is 5.97 Å². The highest BCUT2D eigenvalue weighted by atomic mass is 16.4. The predicted octanol–water partition coefficient (Wildman–Crippen LogP) is 4.32. The summed E-state index contributed by atoms with van der Waals surface area (Å²) in [4.78, 5) is 9.37. The van der Waals surface area contributed by atoms with Crippen molar-refractivity contribution < 1.29 is 15.0 Å². The number of unbranched alkanes of at least 4 members (excludes halogenated alkanes) is 2. The van der Waals surface area contributed by atoms with Crippen LogP contribution in [-0.4, -0.2) is 22.3 Å². The second-order valence-electron chi connectivity index (χ2n) is 5.47. The first-order valence-electron chi connectivity index (χ1n) is 7.65. The summed E-state index contributed by atoms with van der Waals surface area (Å²) in [5, 5.41) is 17.5. The number of hydrogen-bond donors (Lipinski definition) is 2. The lowest BCUT2D eigenvalue weighted by atomic mass is 9.83. The molecule has 2 unspecified atom stereocenters. The normalized spacial score (nSPS) is 22.6. The van der Waals surface area contributed by atoms with Crippen LogP contribution in [0, 0.1) is 5.92 Å². The Morgan fingerprint density at radius 2 is 2.05 bits per heavy atom. The van der Waals surface area contributed by atoms with Crippen molar-refractivity contribution in [2.45, 2.75) is 72.3 Å². The van der Waals surface area contributed by atoms with E-state index in [4.69, 9.17) is 5.11 Å². The largest absolute Gasteiger partial charge is 0.481 e. The average molecular weight is 282 g/mol. The third-order valence-corrected chi connectivity index (χ3v) is 3.73. The number of rotatable bonds is 5. The third-order valence-electron chi connectivity index (χ3n) is 3.73. The van der Waals surface area contributed by atoms with Crippen LogP contribution in [0.4, 0.5) is 0 Å². The summed E-state index contributed by atoms with van der Waals surface area (Å²) in [6.07, 6.45) is 10.3. The van der Waals surface area contributed by atoms with Gasteiger partial charge in [0.15, 0.2) is 0 Å². The maximum Gasteiger partial charge on any atom is 0.303 e. The SMILES string of the molecule is CCC(=O)O.CCCCC=C(C)C1CC=C(C)C(O)C1. The number of aliphatic carboxylic acids is 1. The molecule has 2 atom stereocenters. The van der Waals surface area contributed by atoms with Crippen LogP contribution in [0.15, 0.2) is 23.3 Å². The predicted molar refractivity (Wildman–Crippen MR) is 83.7 cm³/mol. The van der Waals surface area contributed by atoms with E-state index in [1.807, 2.05) is 6.92 Å². The lowest BCUT2D eigenvalue weighted by Crippen LogP contribution is -2.19. The molecule has 2 N–H and O–H groups in total. The zero-order chi connectivity index (χ0) is 15.5. The van der Waals surface area contributed by atoms with Crippen LogP contribution >= 0.6 is 0 Å². The smallest absolute Gasteiger partial charge is 0.303 e. The fourth-order valence-electron chi connectivity index (χ4n) is 2.09. The molecule has 0 heterocycles. The average Bonchev–Trinajstić information content (AvgIpc) is 2.42. The first-order chi connectivity index (χ1) is 9.42. The minimum absolute atomic E-state index is 0.210. The lowest BCUT2D eigenvalue weighted by Gasteiger charge is -2.25. The molecule has 0 spiro atoms. The van der Waals surface area contributed by atoms with Gasteiger partial charge in [0.2, 0.25) is 0 Å². The van der Waals surface area contributed by atoms with Crippen molar-refractivity contribution in [2.75, 3.05) is 0 Å². The Morgan fingerprint density at radius 1 is 1.45 bits per heavy atom. The first kappa shape index (κ1) is 18.9. The minimum Gasteiger partial charge on any atom is -0.481 e. The zero-order valence-electron chi connectivity index (χ0n) is 13.4. The number of hydrogen-bond acceptors (Lipinski definition) is 2. The Labute approximate surface area is 123 Å². The van der Waals surface area contributed by atoms with E-state index in [1.54, 1.807) is 6.92 Å². The van der Waals surface area contributed by atoms with Crippen molar-refractivity contribution >= 4 is 5.97 Å². The van der Waals surface area contributed by atoms with Crippen LogP contribution in [0.5, 0.6) is 0 Å². The second-order valence-corrected chi connectivity index (χ2v) is 5.47. The molecule has 116 valence electrons. The number of carboxylic acids is 1. The number of aliphatic hydroxyl groups is 1. The molecule has 1 aliphatic carbocycles. The molecule has 0 aromatic rings. The Kier molecular flexibility index (Phi) is 10.1. The van der Waals surface area contributed by atoms with E-state index in [9.17, 15) is 9.90 Å². The van der Waals surface area contributed by atoms with Crippen LogP contribution < -0.4 is 0 Å². The fourth-order valence-corrected chi connectivity index (χ4v) is 2.09. The maximum absolute atomic E-state index is 9.77. The van der Waals surface area contributed by atoms with E-state index in [1.165, 1.54) is 24.8 Å². The van der Waals surface area contributed by atoms with E-state index in [2.05, 4.69) is 26.0 Å². The molecule has 3 nitrogen and oxygen atoms in total. The van der Waals surface area contributed by atoms with Crippen LogP contribution in [0.1, 0.15) is 66.2 Å². The van der Waals surface area contributed by atoms with Gasteiger partial charge < -0.3 is 10.2 Å². The number of carboxylic acid groups (broad SMARTS) is 1. The van der Waals surface area contributed by atoms with Gasteiger partial charge in [-0.05, 0) is 44.6 Å². The molecule has 0 radical (unpaired) electrons. The van der Waals surface area contributed by atoms with Crippen LogP contribution in [0.3, 0.4) is 0 Å². The molecule has 0 aliphatic heterocycles. The van der Waals surface area contributed by atoms with Crippen LogP contribution in [-0.2, 0) is 4.79 Å². The number of carbonyl (C=O) groups is 1. The quantitative estimate of drug-likeness (QED) is 0.583. The lowest BCUT2D eigenvalue weighted by molar-refractivity contribution is -0.136. The molecule has 0 aromatic heterocycles. The van der Waals surface area contributed by atoms with E-state index in [0.29, 0.717) is 5.92 Å². The molecule has 0 saturated carbocycles. The molecule has 0 amide bonds. The van der Waals surface area contributed by atoms with Crippen LogP contribution in [0.2, 0.25) is 0 Å². The third kappa shape index (κ3) is 8.16. The summed E-state index contributed by atoms with van der Waals surface area (Å²) in [7, 11) is 0. The minimum atomic E-state index is -0.745. The Morgan fingerprint density at radius 3 is 2.50 bits per heavy atom. The maximum atomic E-state index is 9.77. The van der Waals surface area contributed by atoms with Gasteiger partial charge in [-0.15, -0.1) is 0 Å². The van der Waals surface area contributed by atoms with Gasteiger partial charge in [-0.2, -0.15) is 0 Å². The van der Waals surface area contributed by atoms with Crippen molar-refractivity contribution in [3.8, 4) is 0 Å². The molecule has 0 aromatic carbocycles. The summed E-state index contributed by atoms with van der Waals surface area (Å²) in [5.41, 5.74) is 2.61. The highest BCUT2D eigenvalue weighted by molar-refractivity contribution is 5.66. The molecular weight excluding hydrogens is 252 g/mol. The van der Waals surface area contributed by atoms with E-state index in [-0.39, 0.29) is 12.5 Å². The molecule has 0 saturated heterocycles. The number of aliphatic hydroxyl groups excluding tert-OH is 1. The first-order valence-corrected chi connectivity index (χ1v) is 7.65. The molecule has 1 rings (SSSR count). The van der Waals surface area contributed by atoms with Crippen molar-refractivity contribution in [2.24, 2.45) is 5.92 Å². The number of allylic oxidation sites excluding steroid dienone is 3. The summed E-state index contributed by atoms with van der Waals surface area (Å²) in [5.74, 6) is -0.175. The molecular formula is C17H30O3. The fraction of sp³-hybridized carbons (Fsp3) is 0.706. The van der Waals surface area contributed by atoms with Gasteiger partial charge in [-0.1, -0.05) is 44.4 Å². The van der Waals surface area contributed by atoms with Gasteiger partial charge in [-0.3, -0.25) is 4.79 Å². The van der Waals surface area contributed by atoms with E-state index >= 15 is 0 Å². The highest BCUT2D eigenvalue weighted by Gasteiger charge is 2.20. The topological polar surface area (TPSA) is 57.5 Å². The van der Waals surface area contributed by atoms with Crippen LogP contribution in [0.25, 0.3) is 0 Å². The van der Waals surface area contributed by atoms with E-state index < -0.39 is 5.97 Å².